The molecule has 2 N–H and O–H groups in total. The first-order chi connectivity index (χ1) is 16.7. The van der Waals surface area contributed by atoms with Gasteiger partial charge in [0.2, 0.25) is 10.0 Å². The number of halogens is 3. The molecule has 0 atom stereocenters. The van der Waals surface area contributed by atoms with Crippen LogP contribution in [0.5, 0.6) is 5.75 Å². The molecule has 1 aromatic heterocycles. The Hall–Kier alpha value is -3.63. The Balaban J connectivity index is 1.97. The van der Waals surface area contributed by atoms with Gasteiger partial charge in [-0.05, 0) is 35.7 Å². The van der Waals surface area contributed by atoms with E-state index >= 15 is 0 Å². The van der Waals surface area contributed by atoms with Crippen LogP contribution in [0.3, 0.4) is 0 Å². The maximum atomic E-state index is 14.6. The molecule has 0 radical (unpaired) electrons. The Morgan fingerprint density at radius 2 is 1.71 bits per heavy atom. The number of ether oxygens (including phenoxy) is 1. The number of methoxy groups -OCH3 is 1. The van der Waals surface area contributed by atoms with E-state index in [4.69, 9.17) is 9.88 Å². The van der Waals surface area contributed by atoms with E-state index in [1.807, 2.05) is 30.3 Å². The first-order valence-corrected chi connectivity index (χ1v) is 12.1. The van der Waals surface area contributed by atoms with Gasteiger partial charge in [-0.25, -0.2) is 26.7 Å². The molecule has 0 saturated carbocycles. The van der Waals surface area contributed by atoms with Crippen LogP contribution >= 0.6 is 0 Å². The number of aromatic nitrogens is 2. The van der Waals surface area contributed by atoms with Gasteiger partial charge in [-0.3, -0.25) is 4.68 Å². The highest BCUT2D eigenvalue weighted by Gasteiger charge is 2.29. The molecule has 0 aliphatic carbocycles. The van der Waals surface area contributed by atoms with Crippen molar-refractivity contribution in [2.24, 2.45) is 5.14 Å². The lowest BCUT2D eigenvalue weighted by molar-refractivity contribution is 0.139. The van der Waals surface area contributed by atoms with E-state index in [-0.39, 0.29) is 39.6 Å². The minimum Gasteiger partial charge on any atom is -0.494 e. The number of nitrogens with zero attached hydrogens (tertiary/aromatic N) is 2. The van der Waals surface area contributed by atoms with Crippen LogP contribution in [-0.2, 0) is 23.0 Å². The Bertz CT molecular complexity index is 1460. The monoisotopic (exact) mass is 501 g/mol. The van der Waals surface area contributed by atoms with Gasteiger partial charge in [0.25, 0.3) is 6.43 Å². The van der Waals surface area contributed by atoms with Crippen LogP contribution in [0.1, 0.15) is 17.7 Å². The lowest BCUT2D eigenvalue weighted by atomic mass is 9.98. The first-order valence-electron chi connectivity index (χ1n) is 10.6. The summed E-state index contributed by atoms with van der Waals surface area (Å²) in [5.41, 5.74) is 0.482. The molecule has 182 valence electrons. The second-order valence-corrected chi connectivity index (χ2v) is 9.29. The summed E-state index contributed by atoms with van der Waals surface area (Å²) in [5, 5.41) is 9.80. The number of alkyl halides is 2. The smallest absolute Gasteiger partial charge is 0.280 e. The summed E-state index contributed by atoms with van der Waals surface area (Å²) in [7, 11) is -2.92. The van der Waals surface area contributed by atoms with E-state index in [9.17, 15) is 21.6 Å². The third-order valence-electron chi connectivity index (χ3n) is 5.54. The number of hydrogen-bond donors (Lipinski definition) is 1. The van der Waals surface area contributed by atoms with Gasteiger partial charge in [-0.2, -0.15) is 5.10 Å². The molecule has 6 nitrogen and oxygen atoms in total. The van der Waals surface area contributed by atoms with Crippen molar-refractivity contribution in [1.29, 1.82) is 0 Å². The van der Waals surface area contributed by atoms with E-state index in [0.717, 1.165) is 16.3 Å². The molecule has 0 unspecified atom stereocenters. The standard InChI is InChI=1S/C25H22F3N3O3S/c1-34-20-12-11-17(15-19(20)26)22-23(18-9-5-6-10-21(18)35(29,32)33)30-31(24(22)25(27)28)14-13-16-7-3-2-4-8-16/h2-12,15,25H,13-14H2,1H3,(H2,29,32,33). The largest absolute Gasteiger partial charge is 0.494 e. The molecule has 0 aliphatic heterocycles. The van der Waals surface area contributed by atoms with Crippen LogP contribution in [0.2, 0.25) is 0 Å². The fourth-order valence-corrected chi connectivity index (χ4v) is 4.69. The van der Waals surface area contributed by atoms with Crippen molar-refractivity contribution in [1.82, 2.24) is 9.78 Å². The zero-order valence-corrected chi connectivity index (χ0v) is 19.5. The molecule has 0 fully saturated rings. The van der Waals surface area contributed by atoms with Crippen molar-refractivity contribution >= 4 is 10.0 Å². The van der Waals surface area contributed by atoms with Crippen molar-refractivity contribution in [3.63, 3.8) is 0 Å². The highest BCUT2D eigenvalue weighted by molar-refractivity contribution is 7.89. The van der Waals surface area contributed by atoms with E-state index in [0.29, 0.717) is 6.42 Å². The number of nitrogens with two attached hydrogens (primary N) is 1. The van der Waals surface area contributed by atoms with Gasteiger partial charge in [0.1, 0.15) is 11.4 Å². The molecule has 0 amide bonds. The van der Waals surface area contributed by atoms with Crippen molar-refractivity contribution < 1.29 is 26.3 Å². The fraction of sp³-hybridized carbons (Fsp3) is 0.160. The van der Waals surface area contributed by atoms with Crippen molar-refractivity contribution in [3.05, 3.63) is 89.9 Å². The van der Waals surface area contributed by atoms with Crippen molar-refractivity contribution in [2.45, 2.75) is 24.3 Å². The van der Waals surface area contributed by atoms with Gasteiger partial charge in [0, 0.05) is 17.7 Å². The molecule has 4 aromatic rings. The van der Waals surface area contributed by atoms with Gasteiger partial charge >= 0.3 is 0 Å². The second-order valence-electron chi connectivity index (χ2n) is 7.76. The number of aryl methyl sites for hydroxylation is 2. The average Bonchev–Trinajstić information content (AvgIpc) is 3.22. The number of benzene rings is 3. The highest BCUT2D eigenvalue weighted by atomic mass is 32.2. The Labute approximate surface area is 200 Å². The Kier molecular flexibility index (Phi) is 6.95. The van der Waals surface area contributed by atoms with E-state index in [1.54, 1.807) is 6.07 Å². The lowest BCUT2D eigenvalue weighted by Crippen LogP contribution is -2.13. The van der Waals surface area contributed by atoms with Gasteiger partial charge in [0.05, 0.1) is 12.0 Å². The third-order valence-corrected chi connectivity index (χ3v) is 6.51. The third kappa shape index (κ3) is 5.08. The normalized spacial score (nSPS) is 11.7. The van der Waals surface area contributed by atoms with Gasteiger partial charge in [0.15, 0.2) is 11.6 Å². The minimum atomic E-state index is -4.21. The molecular formula is C25H22F3N3O3S. The van der Waals surface area contributed by atoms with Crippen molar-refractivity contribution in [2.75, 3.05) is 7.11 Å². The fourth-order valence-electron chi connectivity index (χ4n) is 3.95. The molecule has 10 heteroatoms. The molecule has 1 heterocycles. The first kappa shape index (κ1) is 24.5. The zero-order chi connectivity index (χ0) is 25.2. The Morgan fingerprint density at radius 1 is 1.03 bits per heavy atom. The molecule has 0 saturated heterocycles. The van der Waals surface area contributed by atoms with Gasteiger partial charge < -0.3 is 4.74 Å². The molecule has 0 bridgehead atoms. The van der Waals surface area contributed by atoms with Crippen LogP contribution in [0, 0.1) is 5.82 Å². The van der Waals surface area contributed by atoms with Gasteiger partial charge in [-0.1, -0.05) is 54.6 Å². The maximum absolute atomic E-state index is 14.6. The minimum absolute atomic E-state index is 0.0393. The number of sulfonamides is 1. The summed E-state index contributed by atoms with van der Waals surface area (Å²) < 4.78 is 74.2. The van der Waals surface area contributed by atoms with Crippen LogP contribution in [0.15, 0.2) is 77.7 Å². The van der Waals surface area contributed by atoms with E-state index < -0.39 is 28.0 Å². The molecule has 4 rings (SSSR count). The predicted octanol–water partition coefficient (Wildman–Crippen LogP) is 5.19. The summed E-state index contributed by atoms with van der Waals surface area (Å²) >= 11 is 0. The topological polar surface area (TPSA) is 87.2 Å². The molecule has 35 heavy (non-hydrogen) atoms. The lowest BCUT2D eigenvalue weighted by Gasteiger charge is -2.11. The van der Waals surface area contributed by atoms with Crippen LogP contribution in [0.4, 0.5) is 13.2 Å². The summed E-state index contributed by atoms with van der Waals surface area (Å²) in [5.74, 6) is -0.816. The van der Waals surface area contributed by atoms with Crippen LogP contribution in [-0.4, -0.2) is 25.3 Å². The molecule has 0 spiro atoms. The van der Waals surface area contributed by atoms with Crippen LogP contribution < -0.4 is 9.88 Å². The maximum Gasteiger partial charge on any atom is 0.280 e. The summed E-state index contributed by atoms with van der Waals surface area (Å²) in [6.45, 7) is 0.0901. The summed E-state index contributed by atoms with van der Waals surface area (Å²) in [6, 6.07) is 18.8. The second kappa shape index (κ2) is 9.93. The zero-order valence-electron chi connectivity index (χ0n) is 18.7. The highest BCUT2D eigenvalue weighted by Crippen LogP contribution is 2.41. The number of primary sulfonamides is 1. The van der Waals surface area contributed by atoms with Gasteiger partial charge in [-0.15, -0.1) is 0 Å². The number of hydrogen-bond acceptors (Lipinski definition) is 4. The van der Waals surface area contributed by atoms with E-state index in [1.165, 1.54) is 37.4 Å². The quantitative estimate of drug-likeness (QED) is 0.360. The average molecular weight is 502 g/mol. The number of rotatable bonds is 8. The predicted molar refractivity (Wildman–Crippen MR) is 126 cm³/mol. The molecule has 3 aromatic carbocycles. The summed E-state index contributed by atoms with van der Waals surface area (Å²) in [6.07, 6.45) is -2.58. The van der Waals surface area contributed by atoms with Crippen molar-refractivity contribution in [3.8, 4) is 28.1 Å². The SMILES string of the molecule is COc1ccc(-c2c(-c3ccccc3S(N)(=O)=O)nn(CCc3ccccc3)c2C(F)F)cc1F. The molecular weight excluding hydrogens is 479 g/mol. The van der Waals surface area contributed by atoms with Crippen LogP contribution in [0.25, 0.3) is 22.4 Å². The molecule has 0 aliphatic rings. The Morgan fingerprint density at radius 3 is 2.34 bits per heavy atom. The summed E-state index contributed by atoms with van der Waals surface area (Å²) in [4.78, 5) is -0.274. The van der Waals surface area contributed by atoms with E-state index in [2.05, 4.69) is 5.10 Å².